The number of nitrogens with two attached hydrogens (primary N) is 2. The van der Waals surface area contributed by atoms with Crippen molar-refractivity contribution in [2.24, 2.45) is 16.9 Å². The monoisotopic (exact) mass is 395 g/mol. The Labute approximate surface area is 176 Å². The smallest absolute Gasteiger partial charge is 0.228 e. The van der Waals surface area contributed by atoms with Gasteiger partial charge in [0.2, 0.25) is 5.91 Å². The summed E-state index contributed by atoms with van der Waals surface area (Å²) in [6.07, 6.45) is 1.20. The molecule has 0 bridgehead atoms. The van der Waals surface area contributed by atoms with Gasteiger partial charge in [0.25, 0.3) is 0 Å². The molecule has 0 radical (unpaired) electrons. The van der Waals surface area contributed by atoms with E-state index in [9.17, 15) is 4.79 Å². The summed E-state index contributed by atoms with van der Waals surface area (Å²) in [6.45, 7) is 9.88. The van der Waals surface area contributed by atoms with Gasteiger partial charge in [-0.2, -0.15) is 0 Å². The Morgan fingerprint density at radius 1 is 0.828 bits per heavy atom. The number of rotatable bonds is 10. The molecule has 0 saturated heterocycles. The van der Waals surface area contributed by atoms with Crippen molar-refractivity contribution in [3.8, 4) is 0 Å². The van der Waals surface area contributed by atoms with Gasteiger partial charge >= 0.3 is 0 Å². The van der Waals surface area contributed by atoms with Gasteiger partial charge in [0.15, 0.2) is 0 Å². The summed E-state index contributed by atoms with van der Waals surface area (Å²) >= 11 is 0. The molecule has 0 spiro atoms. The summed E-state index contributed by atoms with van der Waals surface area (Å²) in [4.78, 5) is 13.2. The first kappa shape index (κ1) is 23.1. The third-order valence-corrected chi connectivity index (χ3v) is 5.68. The van der Waals surface area contributed by atoms with Crippen molar-refractivity contribution < 1.29 is 4.79 Å². The average Bonchev–Trinajstić information content (AvgIpc) is 2.72. The van der Waals surface area contributed by atoms with Gasteiger partial charge in [0.05, 0.1) is 5.41 Å². The van der Waals surface area contributed by atoms with Crippen LogP contribution in [0.1, 0.15) is 61.8 Å². The van der Waals surface area contributed by atoms with Crippen LogP contribution in [0.4, 0.5) is 0 Å². The second-order valence-corrected chi connectivity index (χ2v) is 8.68. The molecular formula is C25H37N3O. The van der Waals surface area contributed by atoms with Crippen LogP contribution >= 0.6 is 0 Å². The molecule has 2 aromatic carbocycles. The maximum Gasteiger partial charge on any atom is 0.228 e. The zero-order valence-corrected chi connectivity index (χ0v) is 18.4. The summed E-state index contributed by atoms with van der Waals surface area (Å²) in [5, 5.41) is 2.98. The number of nitrogens with one attached hydrogen (secondary N) is 1. The predicted molar refractivity (Wildman–Crippen MR) is 122 cm³/mol. The number of hydrogen-bond donors (Lipinski definition) is 3. The van der Waals surface area contributed by atoms with Crippen LogP contribution in [-0.4, -0.2) is 25.5 Å². The van der Waals surface area contributed by atoms with Crippen LogP contribution in [0.5, 0.6) is 0 Å². The normalized spacial score (nSPS) is 11.9. The van der Waals surface area contributed by atoms with E-state index in [0.717, 1.165) is 11.1 Å². The van der Waals surface area contributed by atoms with E-state index in [-0.39, 0.29) is 12.5 Å². The highest BCUT2D eigenvalue weighted by atomic mass is 16.2. The summed E-state index contributed by atoms with van der Waals surface area (Å²) in [5.74, 6) is 0.942. The Morgan fingerprint density at radius 2 is 1.24 bits per heavy atom. The van der Waals surface area contributed by atoms with Crippen LogP contribution in [0, 0.1) is 5.41 Å². The number of hydrogen-bond acceptors (Lipinski definition) is 3. The molecule has 5 N–H and O–H groups in total. The fourth-order valence-corrected chi connectivity index (χ4v) is 3.66. The minimum Gasteiger partial charge on any atom is -0.354 e. The largest absolute Gasteiger partial charge is 0.354 e. The molecule has 29 heavy (non-hydrogen) atoms. The summed E-state index contributed by atoms with van der Waals surface area (Å²) in [5.41, 5.74) is 16.0. The van der Waals surface area contributed by atoms with E-state index < -0.39 is 5.41 Å². The molecule has 0 atom stereocenters. The second kappa shape index (κ2) is 10.6. The summed E-state index contributed by atoms with van der Waals surface area (Å²) in [6, 6.07) is 17.1. The number of carbonyl (C=O) groups excluding carboxylic acids is 1. The van der Waals surface area contributed by atoms with Crippen molar-refractivity contribution >= 4 is 5.91 Å². The molecule has 0 saturated carbocycles. The molecule has 2 rings (SSSR count). The van der Waals surface area contributed by atoms with Gasteiger partial charge < -0.3 is 16.8 Å². The van der Waals surface area contributed by atoms with Gasteiger partial charge in [0.1, 0.15) is 0 Å². The van der Waals surface area contributed by atoms with Gasteiger partial charge in [-0.25, -0.2) is 0 Å². The molecular weight excluding hydrogens is 358 g/mol. The second-order valence-electron chi connectivity index (χ2n) is 8.68. The average molecular weight is 396 g/mol. The molecule has 2 aromatic rings. The molecule has 0 aromatic heterocycles. The lowest BCUT2D eigenvalue weighted by Crippen LogP contribution is -2.50. The number of benzene rings is 2. The standard InChI is InChI=1S/C25H37N3O/c1-18(2)22-9-5-20(6-10-22)15-25(17-27,24(29)28-14-13-26)16-21-7-11-23(12-8-21)19(3)4/h5-12,18-19H,13-17,26-27H2,1-4H3,(H,28,29). The topological polar surface area (TPSA) is 81.1 Å². The van der Waals surface area contributed by atoms with Crippen LogP contribution in [0.15, 0.2) is 48.5 Å². The lowest BCUT2D eigenvalue weighted by atomic mass is 9.75. The van der Waals surface area contributed by atoms with Crippen LogP contribution in [0.3, 0.4) is 0 Å². The van der Waals surface area contributed by atoms with Gasteiger partial charge in [-0.1, -0.05) is 76.2 Å². The van der Waals surface area contributed by atoms with Crippen molar-refractivity contribution in [1.82, 2.24) is 5.32 Å². The van der Waals surface area contributed by atoms with Gasteiger partial charge in [-0.3, -0.25) is 4.79 Å². The first-order chi connectivity index (χ1) is 13.8. The first-order valence-corrected chi connectivity index (χ1v) is 10.7. The molecule has 0 aliphatic carbocycles. The zero-order valence-electron chi connectivity index (χ0n) is 18.4. The van der Waals surface area contributed by atoms with Crippen LogP contribution in [0.25, 0.3) is 0 Å². The highest BCUT2D eigenvalue weighted by Crippen LogP contribution is 2.29. The van der Waals surface area contributed by atoms with Gasteiger partial charge in [0, 0.05) is 19.6 Å². The number of carbonyl (C=O) groups is 1. The highest BCUT2D eigenvalue weighted by Gasteiger charge is 2.37. The molecule has 0 unspecified atom stereocenters. The van der Waals surface area contributed by atoms with E-state index in [0.29, 0.717) is 37.8 Å². The molecule has 1 amide bonds. The Morgan fingerprint density at radius 3 is 1.55 bits per heavy atom. The van der Waals surface area contributed by atoms with Crippen molar-refractivity contribution in [1.29, 1.82) is 0 Å². The van der Waals surface area contributed by atoms with Gasteiger partial charge in [-0.15, -0.1) is 0 Å². The SMILES string of the molecule is CC(C)c1ccc(CC(CN)(Cc2ccc(C(C)C)cc2)C(=O)NCCN)cc1. The quantitative estimate of drug-likeness (QED) is 0.573. The Hall–Kier alpha value is -2.17. The lowest BCUT2D eigenvalue weighted by Gasteiger charge is -2.32. The third kappa shape index (κ3) is 6.15. The maximum absolute atomic E-state index is 13.2. The van der Waals surface area contributed by atoms with E-state index in [1.165, 1.54) is 11.1 Å². The predicted octanol–water partition coefficient (Wildman–Crippen LogP) is 3.74. The first-order valence-electron chi connectivity index (χ1n) is 10.7. The van der Waals surface area contributed by atoms with Crippen molar-refractivity contribution in [2.75, 3.05) is 19.6 Å². The summed E-state index contributed by atoms with van der Waals surface area (Å²) < 4.78 is 0. The van der Waals surface area contributed by atoms with Crippen molar-refractivity contribution in [3.05, 3.63) is 70.8 Å². The lowest BCUT2D eigenvalue weighted by molar-refractivity contribution is -0.130. The molecule has 0 aliphatic heterocycles. The fraction of sp³-hybridized carbons (Fsp3) is 0.480. The minimum atomic E-state index is -0.701. The molecule has 0 aliphatic rings. The molecule has 158 valence electrons. The Kier molecular flexibility index (Phi) is 8.42. The van der Waals surface area contributed by atoms with E-state index in [1.54, 1.807) is 0 Å². The maximum atomic E-state index is 13.2. The molecule has 4 heteroatoms. The van der Waals surface area contributed by atoms with E-state index >= 15 is 0 Å². The minimum absolute atomic E-state index is 0.0219. The molecule has 0 heterocycles. The third-order valence-electron chi connectivity index (χ3n) is 5.68. The van der Waals surface area contributed by atoms with Crippen LogP contribution < -0.4 is 16.8 Å². The van der Waals surface area contributed by atoms with E-state index in [4.69, 9.17) is 11.5 Å². The highest BCUT2D eigenvalue weighted by molar-refractivity contribution is 5.83. The molecule has 4 nitrogen and oxygen atoms in total. The molecule has 0 fully saturated rings. The van der Waals surface area contributed by atoms with Crippen LogP contribution in [-0.2, 0) is 17.6 Å². The van der Waals surface area contributed by atoms with E-state index in [2.05, 4.69) is 81.5 Å². The number of amides is 1. The van der Waals surface area contributed by atoms with E-state index in [1.807, 2.05) is 0 Å². The van der Waals surface area contributed by atoms with Gasteiger partial charge in [-0.05, 0) is 46.9 Å². The van der Waals surface area contributed by atoms with Crippen LogP contribution in [0.2, 0.25) is 0 Å². The Bertz CT molecular complexity index is 710. The Balaban J connectivity index is 2.32. The summed E-state index contributed by atoms with van der Waals surface area (Å²) in [7, 11) is 0. The zero-order chi connectivity index (χ0) is 21.4. The fourth-order valence-electron chi connectivity index (χ4n) is 3.66. The van der Waals surface area contributed by atoms with Crippen molar-refractivity contribution in [2.45, 2.75) is 52.4 Å². The van der Waals surface area contributed by atoms with Crippen molar-refractivity contribution in [3.63, 3.8) is 0 Å².